The second-order valence-electron chi connectivity index (χ2n) is 6.13. The molecule has 0 saturated heterocycles. The van der Waals surface area contributed by atoms with Crippen LogP contribution in [-0.2, 0) is 16.6 Å². The molecule has 0 amide bonds. The van der Waals surface area contributed by atoms with Gasteiger partial charge < -0.3 is 5.32 Å². The minimum Gasteiger partial charge on any atom is -0.311 e. The maximum Gasteiger partial charge on any atom is 0.244 e. The molecule has 2 rings (SSSR count). The van der Waals surface area contributed by atoms with Gasteiger partial charge in [0.15, 0.2) is 0 Å². The monoisotopic (exact) mass is 314 g/mol. The summed E-state index contributed by atoms with van der Waals surface area (Å²) in [5.74, 6) is 0. The second-order valence-corrected chi connectivity index (χ2v) is 7.75. The number of hydrogen-bond donors (Lipinski definition) is 3. The van der Waals surface area contributed by atoms with E-state index in [9.17, 15) is 8.42 Å². The Hall–Kier alpha value is -0.920. The van der Waals surface area contributed by atoms with Crippen LogP contribution in [0.1, 0.15) is 57.3 Å². The Morgan fingerprint density at radius 1 is 1.29 bits per heavy atom. The Balaban J connectivity index is 2.24. The lowest BCUT2D eigenvalue weighted by Gasteiger charge is -2.34. The third-order valence-corrected chi connectivity index (χ3v) is 5.95. The number of H-pyrrole nitrogens is 1. The van der Waals surface area contributed by atoms with Gasteiger partial charge in [-0.05, 0) is 33.2 Å². The van der Waals surface area contributed by atoms with Crippen molar-refractivity contribution in [3.8, 4) is 0 Å². The van der Waals surface area contributed by atoms with Crippen LogP contribution >= 0.6 is 0 Å². The van der Waals surface area contributed by atoms with E-state index in [2.05, 4.69) is 20.2 Å². The summed E-state index contributed by atoms with van der Waals surface area (Å²) in [6.45, 7) is 6.96. The Bertz CT molecular complexity index is 574. The predicted molar refractivity (Wildman–Crippen MR) is 82.5 cm³/mol. The summed E-state index contributed by atoms with van der Waals surface area (Å²) < 4.78 is 28.5. The molecule has 0 bridgehead atoms. The van der Waals surface area contributed by atoms with Gasteiger partial charge in [-0.1, -0.05) is 26.2 Å². The van der Waals surface area contributed by atoms with E-state index in [1.54, 1.807) is 6.92 Å². The minimum absolute atomic E-state index is 0.301. The highest BCUT2D eigenvalue weighted by atomic mass is 32.2. The van der Waals surface area contributed by atoms with E-state index in [0.29, 0.717) is 22.8 Å². The lowest BCUT2D eigenvalue weighted by atomic mass is 9.84. The SMILES string of the molecule is CCNCc1n[nH]c(C)c1S(=O)(=O)NC1(C)CCCCC1. The molecule has 1 heterocycles. The van der Waals surface area contributed by atoms with Crippen molar-refractivity contribution in [1.29, 1.82) is 0 Å². The van der Waals surface area contributed by atoms with Crippen LogP contribution in [0.4, 0.5) is 0 Å². The number of nitrogens with one attached hydrogen (secondary N) is 3. The fourth-order valence-electron chi connectivity index (χ4n) is 3.00. The summed E-state index contributed by atoms with van der Waals surface area (Å²) in [6, 6.07) is 0. The van der Waals surface area contributed by atoms with Crippen molar-refractivity contribution >= 4 is 10.0 Å². The molecule has 3 N–H and O–H groups in total. The second kappa shape index (κ2) is 6.46. The first kappa shape index (κ1) is 16.5. The predicted octanol–water partition coefficient (Wildman–Crippen LogP) is 1.83. The van der Waals surface area contributed by atoms with E-state index in [1.165, 1.54) is 6.42 Å². The number of rotatable bonds is 6. The van der Waals surface area contributed by atoms with Crippen LogP contribution in [0.5, 0.6) is 0 Å². The summed E-state index contributed by atoms with van der Waals surface area (Å²) in [7, 11) is -3.55. The quantitative estimate of drug-likeness (QED) is 0.747. The van der Waals surface area contributed by atoms with E-state index in [4.69, 9.17) is 0 Å². The largest absolute Gasteiger partial charge is 0.311 e. The molecule has 1 saturated carbocycles. The molecule has 0 atom stereocenters. The summed E-state index contributed by atoms with van der Waals surface area (Å²) in [4.78, 5) is 0.301. The number of aryl methyl sites for hydroxylation is 1. The molecule has 0 aliphatic heterocycles. The van der Waals surface area contributed by atoms with Crippen LogP contribution in [0.2, 0.25) is 0 Å². The van der Waals surface area contributed by atoms with Crippen molar-refractivity contribution in [2.75, 3.05) is 6.54 Å². The first-order chi connectivity index (χ1) is 9.88. The third kappa shape index (κ3) is 3.84. The Labute approximate surface area is 127 Å². The summed E-state index contributed by atoms with van der Waals surface area (Å²) in [5.41, 5.74) is 0.812. The van der Waals surface area contributed by atoms with Gasteiger partial charge in [-0.3, -0.25) is 5.10 Å². The molecule has 6 nitrogen and oxygen atoms in total. The summed E-state index contributed by atoms with van der Waals surface area (Å²) in [6.07, 6.45) is 5.13. The summed E-state index contributed by atoms with van der Waals surface area (Å²) in [5, 5.41) is 10.1. The summed E-state index contributed by atoms with van der Waals surface area (Å²) >= 11 is 0. The van der Waals surface area contributed by atoms with Crippen molar-refractivity contribution in [2.45, 2.75) is 69.9 Å². The number of hydrogen-bond acceptors (Lipinski definition) is 4. The fraction of sp³-hybridized carbons (Fsp3) is 0.786. The number of aromatic amines is 1. The van der Waals surface area contributed by atoms with Crippen molar-refractivity contribution in [3.63, 3.8) is 0 Å². The molecular weight excluding hydrogens is 288 g/mol. The Morgan fingerprint density at radius 2 is 1.95 bits per heavy atom. The van der Waals surface area contributed by atoms with Crippen molar-refractivity contribution < 1.29 is 8.42 Å². The molecule has 1 aliphatic carbocycles. The van der Waals surface area contributed by atoms with Gasteiger partial charge in [0, 0.05) is 12.1 Å². The third-order valence-electron chi connectivity index (χ3n) is 4.11. The number of nitrogens with zero attached hydrogens (tertiary/aromatic N) is 1. The molecule has 120 valence electrons. The van der Waals surface area contributed by atoms with Gasteiger partial charge in [0.1, 0.15) is 4.90 Å². The van der Waals surface area contributed by atoms with E-state index in [0.717, 1.165) is 32.2 Å². The zero-order valence-corrected chi connectivity index (χ0v) is 13.9. The highest BCUT2D eigenvalue weighted by molar-refractivity contribution is 7.89. The molecule has 1 aromatic heterocycles. The number of aromatic nitrogens is 2. The molecule has 0 spiro atoms. The van der Waals surface area contributed by atoms with E-state index in [-0.39, 0.29) is 5.54 Å². The lowest BCUT2D eigenvalue weighted by Crippen LogP contribution is -2.47. The smallest absolute Gasteiger partial charge is 0.244 e. The van der Waals surface area contributed by atoms with Crippen LogP contribution in [0.25, 0.3) is 0 Å². The molecule has 7 heteroatoms. The van der Waals surface area contributed by atoms with Gasteiger partial charge in [0.25, 0.3) is 0 Å². The van der Waals surface area contributed by atoms with Gasteiger partial charge >= 0.3 is 0 Å². The molecule has 0 radical (unpaired) electrons. The maximum absolute atomic E-state index is 12.8. The average molecular weight is 314 g/mol. The van der Waals surface area contributed by atoms with Crippen molar-refractivity contribution in [1.82, 2.24) is 20.2 Å². The molecule has 0 unspecified atom stereocenters. The zero-order chi connectivity index (χ0) is 15.5. The maximum atomic E-state index is 12.8. The molecule has 1 aromatic rings. The van der Waals surface area contributed by atoms with Crippen molar-refractivity contribution in [2.24, 2.45) is 0 Å². The van der Waals surface area contributed by atoms with Gasteiger partial charge in [-0.2, -0.15) is 5.10 Å². The molecule has 21 heavy (non-hydrogen) atoms. The van der Waals surface area contributed by atoms with Crippen LogP contribution in [-0.4, -0.2) is 30.7 Å². The lowest BCUT2D eigenvalue weighted by molar-refractivity contribution is 0.294. The fourth-order valence-corrected chi connectivity index (χ4v) is 4.83. The molecule has 1 fully saturated rings. The van der Waals surface area contributed by atoms with E-state index >= 15 is 0 Å². The standard InChI is InChI=1S/C14H26N4O2S/c1-4-15-10-12-13(11(2)16-17-12)21(19,20)18-14(3)8-6-5-7-9-14/h15,18H,4-10H2,1-3H3,(H,16,17). The molecular formula is C14H26N4O2S. The first-order valence-corrected chi connectivity index (χ1v) is 9.15. The minimum atomic E-state index is -3.55. The molecule has 0 aromatic carbocycles. The van der Waals surface area contributed by atoms with Crippen LogP contribution < -0.4 is 10.0 Å². The van der Waals surface area contributed by atoms with Gasteiger partial charge in [0.05, 0.1) is 11.4 Å². The zero-order valence-electron chi connectivity index (χ0n) is 13.1. The first-order valence-electron chi connectivity index (χ1n) is 7.66. The average Bonchev–Trinajstić information content (AvgIpc) is 2.78. The van der Waals surface area contributed by atoms with Crippen molar-refractivity contribution in [3.05, 3.63) is 11.4 Å². The van der Waals surface area contributed by atoms with Crippen LogP contribution in [0, 0.1) is 6.92 Å². The number of sulfonamides is 1. The van der Waals surface area contributed by atoms with Gasteiger partial charge in [-0.15, -0.1) is 0 Å². The Kier molecular flexibility index (Phi) is 5.06. The van der Waals surface area contributed by atoms with Crippen LogP contribution in [0.3, 0.4) is 0 Å². The topological polar surface area (TPSA) is 86.9 Å². The normalized spacial score (nSPS) is 18.8. The highest BCUT2D eigenvalue weighted by Crippen LogP contribution is 2.30. The van der Waals surface area contributed by atoms with E-state index in [1.807, 2.05) is 13.8 Å². The van der Waals surface area contributed by atoms with E-state index < -0.39 is 10.0 Å². The van der Waals surface area contributed by atoms with Crippen LogP contribution in [0.15, 0.2) is 4.90 Å². The molecule has 1 aliphatic rings. The van der Waals surface area contributed by atoms with Gasteiger partial charge in [0.2, 0.25) is 10.0 Å². The Morgan fingerprint density at radius 3 is 2.57 bits per heavy atom. The van der Waals surface area contributed by atoms with Gasteiger partial charge in [-0.25, -0.2) is 13.1 Å². The highest BCUT2D eigenvalue weighted by Gasteiger charge is 2.34.